The zero-order valence-electron chi connectivity index (χ0n) is 14.8. The van der Waals surface area contributed by atoms with E-state index in [2.05, 4.69) is 36.8 Å². The minimum atomic E-state index is -0.510. The smallest absolute Gasteiger partial charge is 0.325 e. The second kappa shape index (κ2) is 7.64. The largest absolute Gasteiger partial charge is 0.342 e. The topological polar surface area (TPSA) is 86.0 Å². The number of carbonyl (C=O) groups excluding carboxylic acids is 1. The summed E-state index contributed by atoms with van der Waals surface area (Å²) in [7, 11) is 0. The van der Waals surface area contributed by atoms with E-state index in [-0.39, 0.29) is 16.9 Å². The second-order valence-corrected chi connectivity index (χ2v) is 7.29. The van der Waals surface area contributed by atoms with Crippen LogP contribution < -0.4 is 11.2 Å². The van der Waals surface area contributed by atoms with Crippen LogP contribution in [0.15, 0.2) is 27.4 Å². The second-order valence-electron chi connectivity index (χ2n) is 7.29. The van der Waals surface area contributed by atoms with Gasteiger partial charge in [0, 0.05) is 31.3 Å². The molecular formula is C18H27N3O3. The molecule has 1 fully saturated rings. The van der Waals surface area contributed by atoms with E-state index in [1.165, 1.54) is 11.8 Å². The number of aromatic amines is 2. The molecule has 1 aromatic rings. The summed E-state index contributed by atoms with van der Waals surface area (Å²) in [6.45, 7) is 7.66. The van der Waals surface area contributed by atoms with E-state index in [9.17, 15) is 14.4 Å². The van der Waals surface area contributed by atoms with Gasteiger partial charge >= 0.3 is 5.69 Å². The van der Waals surface area contributed by atoms with Crippen LogP contribution in [0.1, 0.15) is 52.0 Å². The van der Waals surface area contributed by atoms with Crippen molar-refractivity contribution in [1.82, 2.24) is 14.9 Å². The Balaban J connectivity index is 1.98. The first-order chi connectivity index (χ1) is 11.3. The van der Waals surface area contributed by atoms with Gasteiger partial charge in [-0.15, -0.1) is 0 Å². The fourth-order valence-electron chi connectivity index (χ4n) is 3.19. The van der Waals surface area contributed by atoms with Crippen LogP contribution >= 0.6 is 0 Å². The Morgan fingerprint density at radius 3 is 2.75 bits per heavy atom. The van der Waals surface area contributed by atoms with Crippen LogP contribution in [0.3, 0.4) is 0 Å². The molecule has 2 N–H and O–H groups in total. The highest BCUT2D eigenvalue weighted by Crippen LogP contribution is 2.34. The highest BCUT2D eigenvalue weighted by molar-refractivity contribution is 5.77. The highest BCUT2D eigenvalue weighted by atomic mass is 16.2. The molecule has 2 heterocycles. The third-order valence-corrected chi connectivity index (χ3v) is 4.72. The van der Waals surface area contributed by atoms with Crippen LogP contribution in [-0.4, -0.2) is 33.9 Å². The van der Waals surface area contributed by atoms with Crippen molar-refractivity contribution >= 4 is 5.91 Å². The van der Waals surface area contributed by atoms with E-state index in [0.29, 0.717) is 24.9 Å². The minimum Gasteiger partial charge on any atom is -0.342 e. The monoisotopic (exact) mass is 333 g/mol. The van der Waals surface area contributed by atoms with Gasteiger partial charge in [-0.3, -0.25) is 14.6 Å². The van der Waals surface area contributed by atoms with Gasteiger partial charge < -0.3 is 9.88 Å². The number of carbonyl (C=O) groups is 1. The number of rotatable bonds is 6. The first-order valence-corrected chi connectivity index (χ1v) is 8.51. The summed E-state index contributed by atoms with van der Waals surface area (Å²) < 4.78 is 0. The lowest BCUT2D eigenvalue weighted by Crippen LogP contribution is -2.46. The van der Waals surface area contributed by atoms with Gasteiger partial charge in [0.15, 0.2) is 0 Å². The predicted molar refractivity (Wildman–Crippen MR) is 94.0 cm³/mol. The van der Waals surface area contributed by atoms with E-state index >= 15 is 0 Å². The van der Waals surface area contributed by atoms with Crippen LogP contribution in [0.4, 0.5) is 0 Å². The van der Waals surface area contributed by atoms with Crippen LogP contribution in [-0.2, 0) is 11.2 Å². The van der Waals surface area contributed by atoms with Gasteiger partial charge in [0.05, 0.1) is 0 Å². The summed E-state index contributed by atoms with van der Waals surface area (Å²) in [6.07, 6.45) is 7.69. The standard InChI is InChI=1S/C18H27N3O3/c1-13(2)5-4-8-18(3)9-6-15(22)21(12-18)10-7-14-11-19-17(24)20-16(14)23/h5,11H,4,6-10,12H2,1-3H3,(H2,19,20,23,24). The quantitative estimate of drug-likeness (QED) is 0.781. The summed E-state index contributed by atoms with van der Waals surface area (Å²) in [6, 6.07) is 0. The zero-order valence-corrected chi connectivity index (χ0v) is 14.8. The SMILES string of the molecule is CC(C)=CCCC1(C)CCC(=O)N(CCc2c[nH]c(=O)[nH]c2=O)C1. The lowest BCUT2D eigenvalue weighted by atomic mass is 9.77. The lowest BCUT2D eigenvalue weighted by Gasteiger charge is -2.40. The third-order valence-electron chi connectivity index (χ3n) is 4.72. The average molecular weight is 333 g/mol. The van der Waals surface area contributed by atoms with E-state index < -0.39 is 5.69 Å². The average Bonchev–Trinajstić information content (AvgIpc) is 2.49. The van der Waals surface area contributed by atoms with Crippen molar-refractivity contribution in [2.75, 3.05) is 13.1 Å². The van der Waals surface area contributed by atoms with Crippen molar-refractivity contribution in [3.8, 4) is 0 Å². The molecule has 6 nitrogen and oxygen atoms in total. The molecule has 0 radical (unpaired) electrons. The first-order valence-electron chi connectivity index (χ1n) is 8.51. The van der Waals surface area contributed by atoms with E-state index in [4.69, 9.17) is 0 Å². The summed E-state index contributed by atoms with van der Waals surface area (Å²) in [5.74, 6) is 0.149. The molecule has 0 aromatic carbocycles. The molecular weight excluding hydrogens is 306 g/mol. The molecule has 1 amide bonds. The van der Waals surface area contributed by atoms with Crippen LogP contribution in [0.25, 0.3) is 0 Å². The highest BCUT2D eigenvalue weighted by Gasteiger charge is 2.34. The summed E-state index contributed by atoms with van der Waals surface area (Å²) in [5.41, 5.74) is 1.05. The minimum absolute atomic E-state index is 0.122. The van der Waals surface area contributed by atoms with Gasteiger partial charge in [-0.05, 0) is 44.9 Å². The maximum absolute atomic E-state index is 12.2. The van der Waals surface area contributed by atoms with E-state index in [0.717, 1.165) is 25.8 Å². The number of aromatic nitrogens is 2. The fraction of sp³-hybridized carbons (Fsp3) is 0.611. The number of piperidine rings is 1. The number of nitrogens with one attached hydrogen (secondary N) is 2. The fourth-order valence-corrected chi connectivity index (χ4v) is 3.19. The van der Waals surface area contributed by atoms with Gasteiger partial charge in [-0.1, -0.05) is 18.6 Å². The third kappa shape index (κ3) is 4.94. The zero-order chi connectivity index (χ0) is 17.7. The number of allylic oxidation sites excluding steroid dienone is 2. The molecule has 0 aliphatic carbocycles. The molecule has 0 spiro atoms. The maximum Gasteiger partial charge on any atom is 0.325 e. The number of hydrogen-bond donors (Lipinski definition) is 2. The summed E-state index contributed by atoms with van der Waals surface area (Å²) >= 11 is 0. The number of likely N-dealkylation sites (tertiary alicyclic amines) is 1. The predicted octanol–water partition coefficient (Wildman–Crippen LogP) is 1.98. The summed E-state index contributed by atoms with van der Waals surface area (Å²) in [4.78, 5) is 41.5. The van der Waals surface area contributed by atoms with Crippen molar-refractivity contribution in [3.63, 3.8) is 0 Å². The molecule has 24 heavy (non-hydrogen) atoms. The number of hydrogen-bond acceptors (Lipinski definition) is 3. The van der Waals surface area contributed by atoms with Crippen LogP contribution in [0, 0.1) is 5.41 Å². The normalized spacial score (nSPS) is 21.0. The van der Waals surface area contributed by atoms with Crippen LogP contribution in [0.5, 0.6) is 0 Å². The Bertz CT molecular complexity index is 728. The Morgan fingerprint density at radius 2 is 2.08 bits per heavy atom. The molecule has 1 atom stereocenters. The molecule has 0 saturated carbocycles. The molecule has 1 saturated heterocycles. The molecule has 1 aromatic heterocycles. The van der Waals surface area contributed by atoms with Crippen molar-refractivity contribution in [1.29, 1.82) is 0 Å². The Morgan fingerprint density at radius 1 is 1.33 bits per heavy atom. The maximum atomic E-state index is 12.2. The van der Waals surface area contributed by atoms with Crippen molar-refractivity contribution < 1.29 is 4.79 Å². The molecule has 132 valence electrons. The van der Waals surface area contributed by atoms with Gasteiger partial charge in [0.1, 0.15) is 0 Å². The van der Waals surface area contributed by atoms with E-state index in [1.807, 2.05) is 4.90 Å². The number of amides is 1. The lowest BCUT2D eigenvalue weighted by molar-refractivity contribution is -0.137. The summed E-state index contributed by atoms with van der Waals surface area (Å²) in [5, 5.41) is 0. The molecule has 6 heteroatoms. The van der Waals surface area contributed by atoms with Gasteiger partial charge in [0.2, 0.25) is 5.91 Å². The number of nitrogens with zero attached hydrogens (tertiary/aromatic N) is 1. The van der Waals surface area contributed by atoms with Crippen molar-refractivity contribution in [2.45, 2.75) is 52.9 Å². The van der Waals surface area contributed by atoms with Crippen molar-refractivity contribution in [2.24, 2.45) is 5.41 Å². The Kier molecular flexibility index (Phi) is 5.80. The van der Waals surface area contributed by atoms with Gasteiger partial charge in [-0.2, -0.15) is 0 Å². The van der Waals surface area contributed by atoms with Gasteiger partial charge in [0.25, 0.3) is 5.56 Å². The van der Waals surface area contributed by atoms with Crippen LogP contribution in [0.2, 0.25) is 0 Å². The first kappa shape index (κ1) is 18.2. The molecule has 2 rings (SSSR count). The number of H-pyrrole nitrogens is 2. The van der Waals surface area contributed by atoms with Gasteiger partial charge in [-0.25, -0.2) is 4.79 Å². The molecule has 1 aliphatic rings. The molecule has 1 unspecified atom stereocenters. The van der Waals surface area contributed by atoms with Crippen molar-refractivity contribution in [3.05, 3.63) is 44.2 Å². The molecule has 1 aliphatic heterocycles. The Hall–Kier alpha value is -2.11. The Labute approximate surface area is 142 Å². The van der Waals surface area contributed by atoms with E-state index in [1.54, 1.807) is 0 Å². The molecule has 0 bridgehead atoms.